The highest BCUT2D eigenvalue weighted by Gasteiger charge is 2.32. The monoisotopic (exact) mass is 298 g/mol. The summed E-state index contributed by atoms with van der Waals surface area (Å²) in [7, 11) is 0. The first kappa shape index (κ1) is 14.5. The van der Waals surface area contributed by atoms with Crippen molar-refractivity contribution < 1.29 is 9.90 Å². The summed E-state index contributed by atoms with van der Waals surface area (Å²) >= 11 is 0. The average molecular weight is 298 g/mol. The van der Waals surface area contributed by atoms with Crippen molar-refractivity contribution in [3.05, 3.63) is 53.3 Å². The van der Waals surface area contributed by atoms with Gasteiger partial charge in [0, 0.05) is 30.7 Å². The quantitative estimate of drug-likeness (QED) is 0.890. The zero-order valence-electron chi connectivity index (χ0n) is 12.3. The Morgan fingerprint density at radius 1 is 1.27 bits per heavy atom. The minimum absolute atomic E-state index is 0.0132. The lowest BCUT2D eigenvalue weighted by Crippen LogP contribution is -2.29. The van der Waals surface area contributed by atoms with Crippen LogP contribution >= 0.6 is 0 Å². The molecule has 0 aliphatic carbocycles. The smallest absolute Gasteiger partial charge is 0.354 e. The Morgan fingerprint density at radius 2 is 2.00 bits per heavy atom. The summed E-state index contributed by atoms with van der Waals surface area (Å²) in [5, 5.41) is 9.13. The van der Waals surface area contributed by atoms with E-state index in [-0.39, 0.29) is 17.7 Å². The second kappa shape index (κ2) is 5.73. The highest BCUT2D eigenvalue weighted by atomic mass is 16.4. The first-order valence-corrected chi connectivity index (χ1v) is 7.19. The Balaban J connectivity index is 1.87. The molecule has 114 valence electrons. The van der Waals surface area contributed by atoms with Gasteiger partial charge in [-0.25, -0.2) is 14.8 Å². The second-order valence-electron chi connectivity index (χ2n) is 5.59. The van der Waals surface area contributed by atoms with Crippen molar-refractivity contribution in [2.45, 2.75) is 18.9 Å². The van der Waals surface area contributed by atoms with Crippen LogP contribution in [0.2, 0.25) is 0 Å². The zero-order chi connectivity index (χ0) is 15.7. The van der Waals surface area contributed by atoms with E-state index in [2.05, 4.69) is 22.1 Å². The van der Waals surface area contributed by atoms with Gasteiger partial charge in [0.25, 0.3) is 0 Å². The number of aryl methyl sites for hydroxylation is 1. The summed E-state index contributed by atoms with van der Waals surface area (Å²) in [5.74, 6) is -0.417. The molecule has 0 bridgehead atoms. The number of carboxylic acids is 1. The summed E-state index contributed by atoms with van der Waals surface area (Å²) in [6.45, 7) is 3.07. The molecule has 22 heavy (non-hydrogen) atoms. The van der Waals surface area contributed by atoms with E-state index in [1.54, 1.807) is 6.92 Å². The molecule has 1 aromatic heterocycles. The maximum Gasteiger partial charge on any atom is 0.354 e. The maximum atomic E-state index is 11.1. The molecular weight excluding hydrogens is 280 g/mol. The number of carbonyl (C=O) groups is 1. The van der Waals surface area contributed by atoms with Gasteiger partial charge in [-0.15, -0.1) is 0 Å². The fraction of sp³-hybridized carbons (Fsp3) is 0.312. The fourth-order valence-corrected chi connectivity index (χ4v) is 2.85. The molecule has 1 aromatic carbocycles. The van der Waals surface area contributed by atoms with Crippen molar-refractivity contribution >= 4 is 11.9 Å². The molecular formula is C16H18N4O2. The van der Waals surface area contributed by atoms with E-state index in [4.69, 9.17) is 10.8 Å². The van der Waals surface area contributed by atoms with Crippen LogP contribution < -0.4 is 10.6 Å². The van der Waals surface area contributed by atoms with E-state index in [0.717, 1.165) is 0 Å². The Kier molecular flexibility index (Phi) is 3.77. The molecule has 2 aromatic rings. The van der Waals surface area contributed by atoms with Crippen LogP contribution in [0.5, 0.6) is 0 Å². The minimum Gasteiger partial charge on any atom is -0.477 e. The molecule has 1 aliphatic heterocycles. The SMILES string of the molecule is Cc1cc(C(=O)O)nc(N2CC(N)C(c3ccccc3)C2)n1. The van der Waals surface area contributed by atoms with E-state index >= 15 is 0 Å². The first-order chi connectivity index (χ1) is 10.5. The predicted molar refractivity (Wildman–Crippen MR) is 83.1 cm³/mol. The van der Waals surface area contributed by atoms with Gasteiger partial charge in [-0.1, -0.05) is 30.3 Å². The Labute approximate surface area is 128 Å². The lowest BCUT2D eigenvalue weighted by atomic mass is 9.95. The number of carboxylic acid groups (broad SMARTS) is 1. The molecule has 1 fully saturated rings. The van der Waals surface area contributed by atoms with E-state index in [1.165, 1.54) is 11.6 Å². The molecule has 3 rings (SSSR count). The molecule has 0 amide bonds. The summed E-state index contributed by atoms with van der Waals surface area (Å²) in [4.78, 5) is 21.6. The van der Waals surface area contributed by atoms with Gasteiger partial charge >= 0.3 is 5.97 Å². The molecule has 0 radical (unpaired) electrons. The van der Waals surface area contributed by atoms with Gasteiger partial charge in [0.2, 0.25) is 5.95 Å². The average Bonchev–Trinajstić information content (AvgIpc) is 2.89. The van der Waals surface area contributed by atoms with Gasteiger partial charge in [0.15, 0.2) is 5.69 Å². The number of benzene rings is 1. The molecule has 2 unspecified atom stereocenters. The second-order valence-corrected chi connectivity index (χ2v) is 5.59. The molecule has 1 saturated heterocycles. The van der Waals surface area contributed by atoms with E-state index < -0.39 is 5.97 Å². The van der Waals surface area contributed by atoms with Gasteiger partial charge < -0.3 is 15.7 Å². The maximum absolute atomic E-state index is 11.1. The van der Waals surface area contributed by atoms with Crippen LogP contribution in [0.15, 0.2) is 36.4 Å². The number of rotatable bonds is 3. The van der Waals surface area contributed by atoms with E-state index in [0.29, 0.717) is 24.7 Å². The van der Waals surface area contributed by atoms with Crippen molar-refractivity contribution in [2.75, 3.05) is 18.0 Å². The summed E-state index contributed by atoms with van der Waals surface area (Å²) in [6.07, 6.45) is 0. The molecule has 0 spiro atoms. The molecule has 6 nitrogen and oxygen atoms in total. The van der Waals surface area contributed by atoms with Crippen molar-refractivity contribution in [2.24, 2.45) is 5.73 Å². The standard InChI is InChI=1S/C16H18N4O2/c1-10-7-14(15(21)22)19-16(18-10)20-8-12(13(17)9-20)11-5-3-2-4-6-11/h2-7,12-13H,8-9,17H2,1H3,(H,21,22). The van der Waals surface area contributed by atoms with Crippen LogP contribution in [0.25, 0.3) is 0 Å². The third-order valence-electron chi connectivity index (χ3n) is 3.94. The Morgan fingerprint density at radius 3 is 2.68 bits per heavy atom. The Bertz CT molecular complexity index is 690. The van der Waals surface area contributed by atoms with E-state index in [1.807, 2.05) is 23.1 Å². The summed E-state index contributed by atoms with van der Waals surface area (Å²) in [6, 6.07) is 11.5. The fourth-order valence-electron chi connectivity index (χ4n) is 2.85. The molecule has 6 heteroatoms. The van der Waals surface area contributed by atoms with Gasteiger partial charge in [-0.2, -0.15) is 0 Å². The highest BCUT2D eigenvalue weighted by Crippen LogP contribution is 2.28. The van der Waals surface area contributed by atoms with E-state index in [9.17, 15) is 4.79 Å². The lowest BCUT2D eigenvalue weighted by Gasteiger charge is -2.17. The van der Waals surface area contributed by atoms with Crippen LogP contribution in [0, 0.1) is 6.92 Å². The number of aromatic carboxylic acids is 1. The van der Waals surface area contributed by atoms with Crippen LogP contribution in [0.3, 0.4) is 0 Å². The van der Waals surface area contributed by atoms with Crippen LogP contribution in [0.1, 0.15) is 27.7 Å². The number of hydrogen-bond donors (Lipinski definition) is 2. The number of aromatic nitrogens is 2. The van der Waals surface area contributed by atoms with Crippen molar-refractivity contribution in [1.82, 2.24) is 9.97 Å². The third kappa shape index (κ3) is 2.78. The summed E-state index contributed by atoms with van der Waals surface area (Å²) in [5.41, 5.74) is 8.10. The molecule has 3 N–H and O–H groups in total. The van der Waals surface area contributed by atoms with Crippen LogP contribution in [-0.2, 0) is 0 Å². The lowest BCUT2D eigenvalue weighted by molar-refractivity contribution is 0.0690. The first-order valence-electron chi connectivity index (χ1n) is 7.19. The predicted octanol–water partition coefficient (Wildman–Crippen LogP) is 1.41. The number of hydrogen-bond acceptors (Lipinski definition) is 5. The van der Waals surface area contributed by atoms with Gasteiger partial charge in [-0.05, 0) is 18.6 Å². The highest BCUT2D eigenvalue weighted by molar-refractivity contribution is 5.85. The minimum atomic E-state index is -1.05. The number of nitrogens with two attached hydrogens (primary N) is 1. The topological polar surface area (TPSA) is 92.3 Å². The number of anilines is 1. The normalized spacial score (nSPS) is 21.1. The van der Waals surface area contributed by atoms with Crippen molar-refractivity contribution in [3.63, 3.8) is 0 Å². The van der Waals surface area contributed by atoms with Crippen LogP contribution in [0.4, 0.5) is 5.95 Å². The number of nitrogens with zero attached hydrogens (tertiary/aromatic N) is 3. The molecule has 0 saturated carbocycles. The summed E-state index contributed by atoms with van der Waals surface area (Å²) < 4.78 is 0. The largest absolute Gasteiger partial charge is 0.477 e. The molecule has 2 atom stereocenters. The van der Waals surface area contributed by atoms with Crippen LogP contribution in [-0.4, -0.2) is 40.2 Å². The molecule has 2 heterocycles. The van der Waals surface area contributed by atoms with Gasteiger partial charge in [-0.3, -0.25) is 0 Å². The zero-order valence-corrected chi connectivity index (χ0v) is 12.3. The van der Waals surface area contributed by atoms with Gasteiger partial charge in [0.05, 0.1) is 0 Å². The molecule has 1 aliphatic rings. The van der Waals surface area contributed by atoms with Crippen molar-refractivity contribution in [3.8, 4) is 0 Å². The Hall–Kier alpha value is -2.47. The third-order valence-corrected chi connectivity index (χ3v) is 3.94. The van der Waals surface area contributed by atoms with Crippen molar-refractivity contribution in [1.29, 1.82) is 0 Å². The van der Waals surface area contributed by atoms with Gasteiger partial charge in [0.1, 0.15) is 0 Å².